The highest BCUT2D eigenvalue weighted by Gasteiger charge is 2.29. The molecule has 2 atom stereocenters. The Hall–Kier alpha value is -1.71. The van der Waals surface area contributed by atoms with E-state index in [1.165, 1.54) is 17.7 Å². The Balaban J connectivity index is 1.67. The van der Waals surface area contributed by atoms with E-state index in [9.17, 15) is 9.50 Å². The minimum Gasteiger partial charge on any atom is -0.396 e. The van der Waals surface area contributed by atoms with Crippen molar-refractivity contribution in [2.75, 3.05) is 19.7 Å². The number of aliphatic hydroxyl groups is 1. The standard InChI is InChI=1S/C19H22FNO/c20-18-8-6-16(7-9-18)19-10-11-21(13-17(19)14-22)12-15-4-2-1-3-5-15/h1-9,17,19,22H,10-14H2/t17?,19-/m0/s1. The number of aliphatic hydroxyl groups excluding tert-OH is 1. The predicted molar refractivity (Wildman–Crippen MR) is 86.1 cm³/mol. The summed E-state index contributed by atoms with van der Waals surface area (Å²) in [4.78, 5) is 2.40. The van der Waals surface area contributed by atoms with Crippen LogP contribution in [0.1, 0.15) is 23.5 Å². The SMILES string of the molecule is OCC1CN(Cc2ccccc2)CC[C@H]1c1ccc(F)cc1. The molecule has 1 fully saturated rings. The summed E-state index contributed by atoms with van der Waals surface area (Å²) < 4.78 is 13.1. The Bertz CT molecular complexity index is 584. The van der Waals surface area contributed by atoms with Gasteiger partial charge in [0.2, 0.25) is 0 Å². The highest BCUT2D eigenvalue weighted by atomic mass is 19.1. The fourth-order valence-electron chi connectivity index (χ4n) is 3.43. The average molecular weight is 299 g/mol. The van der Waals surface area contributed by atoms with Crippen LogP contribution in [0.4, 0.5) is 4.39 Å². The van der Waals surface area contributed by atoms with E-state index in [4.69, 9.17) is 0 Å². The van der Waals surface area contributed by atoms with E-state index in [0.29, 0.717) is 5.92 Å². The Kier molecular flexibility index (Phi) is 4.86. The van der Waals surface area contributed by atoms with E-state index < -0.39 is 0 Å². The predicted octanol–water partition coefficient (Wildman–Crippen LogP) is 3.42. The molecule has 0 aliphatic carbocycles. The van der Waals surface area contributed by atoms with Crippen molar-refractivity contribution in [1.29, 1.82) is 0 Å². The van der Waals surface area contributed by atoms with E-state index in [1.807, 2.05) is 18.2 Å². The van der Waals surface area contributed by atoms with Gasteiger partial charge >= 0.3 is 0 Å². The highest BCUT2D eigenvalue weighted by molar-refractivity contribution is 5.22. The van der Waals surface area contributed by atoms with Crippen LogP contribution in [0, 0.1) is 11.7 Å². The molecule has 0 bridgehead atoms. The smallest absolute Gasteiger partial charge is 0.123 e. The van der Waals surface area contributed by atoms with Crippen LogP contribution in [0.3, 0.4) is 0 Å². The normalized spacial score (nSPS) is 22.6. The molecule has 2 aromatic rings. The summed E-state index contributed by atoms with van der Waals surface area (Å²) in [5.41, 5.74) is 2.44. The van der Waals surface area contributed by atoms with Crippen LogP contribution in [0.2, 0.25) is 0 Å². The summed E-state index contributed by atoms with van der Waals surface area (Å²) in [5, 5.41) is 9.76. The van der Waals surface area contributed by atoms with Crippen LogP contribution in [-0.2, 0) is 6.54 Å². The Morgan fingerprint density at radius 1 is 1.05 bits per heavy atom. The zero-order valence-corrected chi connectivity index (χ0v) is 12.7. The van der Waals surface area contributed by atoms with Crippen molar-refractivity contribution in [3.63, 3.8) is 0 Å². The molecule has 22 heavy (non-hydrogen) atoms. The lowest BCUT2D eigenvalue weighted by Gasteiger charge is -2.38. The molecule has 3 rings (SSSR count). The Labute approximate surface area is 131 Å². The minimum atomic E-state index is -0.203. The second kappa shape index (κ2) is 7.03. The number of hydrogen-bond acceptors (Lipinski definition) is 2. The largest absolute Gasteiger partial charge is 0.396 e. The van der Waals surface area contributed by atoms with Crippen LogP contribution < -0.4 is 0 Å². The molecule has 1 saturated heterocycles. The quantitative estimate of drug-likeness (QED) is 0.935. The molecule has 3 heteroatoms. The Morgan fingerprint density at radius 2 is 1.77 bits per heavy atom. The highest BCUT2D eigenvalue weighted by Crippen LogP contribution is 2.33. The van der Waals surface area contributed by atoms with Gasteiger partial charge in [-0.05, 0) is 42.1 Å². The number of piperidine rings is 1. The Morgan fingerprint density at radius 3 is 2.45 bits per heavy atom. The zero-order chi connectivity index (χ0) is 15.4. The maximum atomic E-state index is 13.1. The molecule has 116 valence electrons. The molecule has 0 amide bonds. The summed E-state index contributed by atoms with van der Waals surface area (Å²) >= 11 is 0. The summed E-state index contributed by atoms with van der Waals surface area (Å²) in [6.07, 6.45) is 1.00. The van der Waals surface area contributed by atoms with Crippen molar-refractivity contribution in [3.8, 4) is 0 Å². The van der Waals surface area contributed by atoms with Gasteiger partial charge < -0.3 is 5.11 Å². The lowest BCUT2D eigenvalue weighted by Crippen LogP contribution is -2.40. The second-order valence-corrected chi connectivity index (χ2v) is 6.11. The molecule has 0 radical (unpaired) electrons. The number of nitrogens with zero attached hydrogens (tertiary/aromatic N) is 1. The number of hydrogen-bond donors (Lipinski definition) is 1. The molecular weight excluding hydrogens is 277 g/mol. The van der Waals surface area contributed by atoms with Gasteiger partial charge in [0.05, 0.1) is 0 Å². The van der Waals surface area contributed by atoms with Crippen molar-refractivity contribution < 1.29 is 9.50 Å². The van der Waals surface area contributed by atoms with Gasteiger partial charge in [-0.3, -0.25) is 4.90 Å². The lowest BCUT2D eigenvalue weighted by atomic mass is 9.81. The van der Waals surface area contributed by atoms with E-state index >= 15 is 0 Å². The monoisotopic (exact) mass is 299 g/mol. The van der Waals surface area contributed by atoms with Gasteiger partial charge in [0, 0.05) is 25.6 Å². The number of benzene rings is 2. The number of rotatable bonds is 4. The van der Waals surface area contributed by atoms with E-state index in [1.54, 1.807) is 0 Å². The summed E-state index contributed by atoms with van der Waals surface area (Å²) in [7, 11) is 0. The first kappa shape index (κ1) is 15.2. The van der Waals surface area contributed by atoms with Gasteiger partial charge in [-0.1, -0.05) is 42.5 Å². The second-order valence-electron chi connectivity index (χ2n) is 6.11. The molecule has 0 spiro atoms. The molecule has 2 aromatic carbocycles. The van der Waals surface area contributed by atoms with E-state index in [2.05, 4.69) is 29.2 Å². The lowest BCUT2D eigenvalue weighted by molar-refractivity contribution is 0.0972. The van der Waals surface area contributed by atoms with Crippen LogP contribution in [-0.4, -0.2) is 29.7 Å². The van der Waals surface area contributed by atoms with E-state index in [0.717, 1.165) is 31.6 Å². The van der Waals surface area contributed by atoms with Gasteiger partial charge in [0.15, 0.2) is 0 Å². The summed E-state index contributed by atoms with van der Waals surface area (Å²) in [6, 6.07) is 17.2. The molecule has 1 heterocycles. The van der Waals surface area contributed by atoms with Crippen molar-refractivity contribution in [3.05, 3.63) is 71.5 Å². The molecule has 1 unspecified atom stereocenters. The first-order valence-electron chi connectivity index (χ1n) is 7.89. The van der Waals surface area contributed by atoms with Crippen LogP contribution >= 0.6 is 0 Å². The molecule has 1 N–H and O–H groups in total. The zero-order valence-electron chi connectivity index (χ0n) is 12.7. The van der Waals surface area contributed by atoms with Gasteiger partial charge in [-0.15, -0.1) is 0 Å². The third kappa shape index (κ3) is 3.54. The van der Waals surface area contributed by atoms with Gasteiger partial charge in [-0.2, -0.15) is 0 Å². The molecule has 0 saturated carbocycles. The molecule has 1 aliphatic heterocycles. The molecular formula is C19H22FNO. The maximum Gasteiger partial charge on any atom is 0.123 e. The summed E-state index contributed by atoms with van der Waals surface area (Å²) in [6.45, 7) is 2.99. The van der Waals surface area contributed by atoms with Gasteiger partial charge in [-0.25, -0.2) is 4.39 Å². The average Bonchev–Trinajstić information content (AvgIpc) is 2.56. The van der Waals surface area contributed by atoms with Crippen molar-refractivity contribution >= 4 is 0 Å². The topological polar surface area (TPSA) is 23.5 Å². The molecule has 1 aliphatic rings. The van der Waals surface area contributed by atoms with E-state index in [-0.39, 0.29) is 18.3 Å². The third-order valence-electron chi connectivity index (χ3n) is 4.60. The fraction of sp³-hybridized carbons (Fsp3) is 0.368. The van der Waals surface area contributed by atoms with Crippen LogP contribution in [0.25, 0.3) is 0 Å². The maximum absolute atomic E-state index is 13.1. The summed E-state index contributed by atoms with van der Waals surface area (Å²) in [5.74, 6) is 0.325. The number of halogens is 1. The molecule has 2 nitrogen and oxygen atoms in total. The fourth-order valence-corrected chi connectivity index (χ4v) is 3.43. The number of likely N-dealkylation sites (tertiary alicyclic amines) is 1. The first-order valence-corrected chi connectivity index (χ1v) is 7.89. The van der Waals surface area contributed by atoms with Gasteiger partial charge in [0.25, 0.3) is 0 Å². The first-order chi connectivity index (χ1) is 10.8. The van der Waals surface area contributed by atoms with Crippen molar-refractivity contribution in [1.82, 2.24) is 4.90 Å². The minimum absolute atomic E-state index is 0.174. The molecule has 0 aromatic heterocycles. The van der Waals surface area contributed by atoms with Crippen LogP contribution in [0.15, 0.2) is 54.6 Å². The van der Waals surface area contributed by atoms with Crippen LogP contribution in [0.5, 0.6) is 0 Å². The third-order valence-corrected chi connectivity index (χ3v) is 4.60. The van der Waals surface area contributed by atoms with Gasteiger partial charge in [0.1, 0.15) is 5.82 Å². The van der Waals surface area contributed by atoms with Crippen molar-refractivity contribution in [2.45, 2.75) is 18.9 Å². The van der Waals surface area contributed by atoms with Crippen molar-refractivity contribution in [2.24, 2.45) is 5.92 Å².